The number of anilines is 1. The van der Waals surface area contributed by atoms with Gasteiger partial charge in [-0.3, -0.25) is 0 Å². The average Bonchev–Trinajstić information content (AvgIpc) is 3.12. The number of hydrogen-bond donors (Lipinski definition) is 1. The van der Waals surface area contributed by atoms with Crippen molar-refractivity contribution in [2.24, 2.45) is 0 Å². The van der Waals surface area contributed by atoms with Gasteiger partial charge in [-0.15, -0.1) is 0 Å². The molecule has 26 heavy (non-hydrogen) atoms. The SMILES string of the molecule is CCOC(=O)c1ccc2nc(-c3ccc(N4CCCCC4)cc3)[nH]c2c1. The number of carbonyl (C=O) groups is 1. The minimum Gasteiger partial charge on any atom is -0.462 e. The molecule has 1 saturated heterocycles. The first-order valence-electron chi connectivity index (χ1n) is 9.27. The number of H-pyrrole nitrogens is 1. The zero-order valence-electron chi connectivity index (χ0n) is 15.0. The number of esters is 1. The third-order valence-corrected chi connectivity index (χ3v) is 4.85. The van der Waals surface area contributed by atoms with Crippen LogP contribution >= 0.6 is 0 Å². The first-order valence-corrected chi connectivity index (χ1v) is 9.27. The molecule has 4 rings (SSSR count). The Morgan fingerprint density at radius 2 is 1.88 bits per heavy atom. The summed E-state index contributed by atoms with van der Waals surface area (Å²) in [6.07, 6.45) is 3.88. The molecule has 0 spiro atoms. The molecule has 2 aromatic carbocycles. The summed E-state index contributed by atoms with van der Waals surface area (Å²) in [6.45, 7) is 4.45. The van der Waals surface area contributed by atoms with Crippen molar-refractivity contribution in [3.05, 3.63) is 48.0 Å². The van der Waals surface area contributed by atoms with Crippen molar-refractivity contribution in [1.29, 1.82) is 0 Å². The van der Waals surface area contributed by atoms with Crippen LogP contribution in [0.2, 0.25) is 0 Å². The number of ether oxygens (including phenoxy) is 1. The maximum atomic E-state index is 11.9. The highest BCUT2D eigenvalue weighted by atomic mass is 16.5. The summed E-state index contributed by atoms with van der Waals surface area (Å²) in [5.41, 5.74) is 4.53. The van der Waals surface area contributed by atoms with E-state index >= 15 is 0 Å². The van der Waals surface area contributed by atoms with E-state index in [-0.39, 0.29) is 5.97 Å². The van der Waals surface area contributed by atoms with Gasteiger partial charge >= 0.3 is 5.97 Å². The van der Waals surface area contributed by atoms with E-state index in [2.05, 4.69) is 39.1 Å². The van der Waals surface area contributed by atoms with Gasteiger partial charge in [0.2, 0.25) is 0 Å². The van der Waals surface area contributed by atoms with Crippen LogP contribution in [0.5, 0.6) is 0 Å². The van der Waals surface area contributed by atoms with E-state index in [1.54, 1.807) is 19.1 Å². The molecule has 1 aliphatic rings. The summed E-state index contributed by atoms with van der Waals surface area (Å²) in [5.74, 6) is 0.502. The number of rotatable bonds is 4. The maximum absolute atomic E-state index is 11.9. The van der Waals surface area contributed by atoms with E-state index in [1.807, 2.05) is 6.07 Å². The molecule has 1 N–H and O–H groups in total. The predicted molar refractivity (Wildman–Crippen MR) is 104 cm³/mol. The second kappa shape index (κ2) is 7.20. The molecule has 0 amide bonds. The summed E-state index contributed by atoms with van der Waals surface area (Å²) in [5, 5.41) is 0. The van der Waals surface area contributed by atoms with Gasteiger partial charge in [0.15, 0.2) is 0 Å². The Hall–Kier alpha value is -2.82. The quantitative estimate of drug-likeness (QED) is 0.710. The number of carbonyl (C=O) groups excluding carboxylic acids is 1. The highest BCUT2D eigenvalue weighted by molar-refractivity contribution is 5.94. The Bertz CT molecular complexity index is 909. The normalized spacial score (nSPS) is 14.6. The van der Waals surface area contributed by atoms with Crippen LogP contribution in [-0.4, -0.2) is 35.6 Å². The van der Waals surface area contributed by atoms with Crippen LogP contribution in [-0.2, 0) is 4.74 Å². The lowest BCUT2D eigenvalue weighted by Gasteiger charge is -2.28. The Balaban J connectivity index is 1.58. The molecule has 0 radical (unpaired) electrons. The van der Waals surface area contributed by atoms with Crippen molar-refractivity contribution in [2.75, 3.05) is 24.6 Å². The molecule has 5 nitrogen and oxygen atoms in total. The van der Waals surface area contributed by atoms with Crippen molar-refractivity contribution >= 4 is 22.7 Å². The monoisotopic (exact) mass is 349 g/mol. The molecule has 0 unspecified atom stereocenters. The van der Waals surface area contributed by atoms with E-state index in [1.165, 1.54) is 24.9 Å². The highest BCUT2D eigenvalue weighted by Gasteiger charge is 2.13. The smallest absolute Gasteiger partial charge is 0.338 e. The largest absolute Gasteiger partial charge is 0.462 e. The first-order chi connectivity index (χ1) is 12.7. The van der Waals surface area contributed by atoms with Gasteiger partial charge in [0.1, 0.15) is 5.82 Å². The molecule has 1 aliphatic heterocycles. The molecule has 0 atom stereocenters. The second-order valence-electron chi connectivity index (χ2n) is 6.63. The molecule has 0 aliphatic carbocycles. The van der Waals surface area contributed by atoms with Gasteiger partial charge in [-0.2, -0.15) is 0 Å². The van der Waals surface area contributed by atoms with Crippen LogP contribution in [0.3, 0.4) is 0 Å². The topological polar surface area (TPSA) is 58.2 Å². The predicted octanol–water partition coefficient (Wildman–Crippen LogP) is 4.40. The summed E-state index contributed by atoms with van der Waals surface area (Å²) < 4.78 is 5.06. The number of aromatic nitrogens is 2. The number of piperidine rings is 1. The zero-order valence-corrected chi connectivity index (χ0v) is 15.0. The second-order valence-corrected chi connectivity index (χ2v) is 6.63. The van der Waals surface area contributed by atoms with E-state index in [4.69, 9.17) is 4.74 Å². The molecule has 1 fully saturated rings. The van der Waals surface area contributed by atoms with Crippen molar-refractivity contribution in [1.82, 2.24) is 9.97 Å². The zero-order chi connectivity index (χ0) is 17.9. The third-order valence-electron chi connectivity index (χ3n) is 4.85. The van der Waals surface area contributed by atoms with Crippen LogP contribution in [0.1, 0.15) is 36.5 Å². The number of nitrogens with zero attached hydrogens (tertiary/aromatic N) is 2. The van der Waals surface area contributed by atoms with E-state index in [0.29, 0.717) is 12.2 Å². The summed E-state index contributed by atoms with van der Waals surface area (Å²) >= 11 is 0. The molecule has 2 heterocycles. The first kappa shape index (κ1) is 16.6. The molecule has 5 heteroatoms. The maximum Gasteiger partial charge on any atom is 0.338 e. The molecule has 1 aromatic heterocycles. The van der Waals surface area contributed by atoms with Gasteiger partial charge in [-0.05, 0) is 68.7 Å². The molecular formula is C21H23N3O2. The Morgan fingerprint density at radius 1 is 1.12 bits per heavy atom. The summed E-state index contributed by atoms with van der Waals surface area (Å²) in [6, 6.07) is 13.9. The summed E-state index contributed by atoms with van der Waals surface area (Å²) in [4.78, 5) is 22.3. The Kier molecular flexibility index (Phi) is 4.61. The van der Waals surface area contributed by atoms with Crippen molar-refractivity contribution in [3.8, 4) is 11.4 Å². The van der Waals surface area contributed by atoms with E-state index in [0.717, 1.165) is 35.5 Å². The molecule has 3 aromatic rings. The van der Waals surface area contributed by atoms with Crippen molar-refractivity contribution in [2.45, 2.75) is 26.2 Å². The van der Waals surface area contributed by atoms with Crippen LogP contribution in [0, 0.1) is 0 Å². The highest BCUT2D eigenvalue weighted by Crippen LogP contribution is 2.25. The van der Waals surface area contributed by atoms with Crippen LogP contribution in [0.15, 0.2) is 42.5 Å². The van der Waals surface area contributed by atoms with Gasteiger partial charge < -0.3 is 14.6 Å². The van der Waals surface area contributed by atoms with Gasteiger partial charge in [-0.25, -0.2) is 9.78 Å². The van der Waals surface area contributed by atoms with Gasteiger partial charge in [0.25, 0.3) is 0 Å². The van der Waals surface area contributed by atoms with Gasteiger partial charge in [-0.1, -0.05) is 0 Å². The lowest BCUT2D eigenvalue weighted by Crippen LogP contribution is -2.29. The Labute approximate surface area is 153 Å². The fraction of sp³-hybridized carbons (Fsp3) is 0.333. The molecular weight excluding hydrogens is 326 g/mol. The number of benzene rings is 2. The van der Waals surface area contributed by atoms with Crippen molar-refractivity contribution < 1.29 is 9.53 Å². The Morgan fingerprint density at radius 3 is 2.62 bits per heavy atom. The molecule has 134 valence electrons. The van der Waals surface area contributed by atoms with Gasteiger partial charge in [0, 0.05) is 24.3 Å². The number of nitrogens with one attached hydrogen (secondary N) is 1. The molecule has 0 saturated carbocycles. The standard InChI is InChI=1S/C21H23N3O2/c1-2-26-21(25)16-8-11-18-19(14-16)23-20(22-18)15-6-9-17(10-7-15)24-12-4-3-5-13-24/h6-11,14H,2-5,12-13H2,1H3,(H,22,23). The number of aromatic amines is 1. The third kappa shape index (κ3) is 3.29. The number of hydrogen-bond acceptors (Lipinski definition) is 4. The lowest BCUT2D eigenvalue weighted by molar-refractivity contribution is 0.0526. The van der Waals surface area contributed by atoms with Gasteiger partial charge in [0.05, 0.1) is 23.2 Å². The summed E-state index contributed by atoms with van der Waals surface area (Å²) in [7, 11) is 0. The average molecular weight is 349 g/mol. The number of fused-ring (bicyclic) bond motifs is 1. The van der Waals surface area contributed by atoms with E-state index < -0.39 is 0 Å². The van der Waals surface area contributed by atoms with Crippen molar-refractivity contribution in [3.63, 3.8) is 0 Å². The fourth-order valence-electron chi connectivity index (χ4n) is 3.47. The van der Waals surface area contributed by atoms with Crippen LogP contribution in [0.25, 0.3) is 22.4 Å². The molecule has 0 bridgehead atoms. The van der Waals surface area contributed by atoms with Crippen LogP contribution < -0.4 is 4.90 Å². The lowest BCUT2D eigenvalue weighted by atomic mass is 10.1. The number of imidazole rings is 1. The fourth-order valence-corrected chi connectivity index (χ4v) is 3.47. The van der Waals surface area contributed by atoms with E-state index in [9.17, 15) is 4.79 Å². The van der Waals surface area contributed by atoms with Crippen LogP contribution in [0.4, 0.5) is 5.69 Å². The minimum atomic E-state index is -0.309. The minimum absolute atomic E-state index is 0.309.